The highest BCUT2D eigenvalue weighted by molar-refractivity contribution is 6.33. The highest BCUT2D eigenvalue weighted by Crippen LogP contribution is 2.31. The predicted octanol–water partition coefficient (Wildman–Crippen LogP) is 3.66. The lowest BCUT2D eigenvalue weighted by Crippen LogP contribution is -2.48. The van der Waals surface area contributed by atoms with E-state index in [-0.39, 0.29) is 5.91 Å². The van der Waals surface area contributed by atoms with E-state index in [0.717, 1.165) is 19.6 Å². The molecule has 1 saturated heterocycles. The fourth-order valence-electron chi connectivity index (χ4n) is 3.48. The van der Waals surface area contributed by atoms with E-state index >= 15 is 0 Å². The van der Waals surface area contributed by atoms with E-state index < -0.39 is 0 Å². The Morgan fingerprint density at radius 3 is 2.64 bits per heavy atom. The van der Waals surface area contributed by atoms with Crippen molar-refractivity contribution in [2.45, 2.75) is 13.5 Å². The zero-order valence-corrected chi connectivity index (χ0v) is 16.4. The summed E-state index contributed by atoms with van der Waals surface area (Å²) in [5.41, 5.74) is 2.89. The molecule has 3 heterocycles. The van der Waals surface area contributed by atoms with Crippen LogP contribution in [0, 0.1) is 6.92 Å². The number of halogens is 1. The van der Waals surface area contributed by atoms with Gasteiger partial charge in [0.1, 0.15) is 17.0 Å². The highest BCUT2D eigenvalue weighted by Gasteiger charge is 2.29. The second-order valence-corrected chi connectivity index (χ2v) is 7.28. The van der Waals surface area contributed by atoms with Gasteiger partial charge in [-0.3, -0.25) is 14.7 Å². The van der Waals surface area contributed by atoms with Crippen molar-refractivity contribution in [3.63, 3.8) is 0 Å². The second-order valence-electron chi connectivity index (χ2n) is 6.87. The molecule has 1 aliphatic rings. The van der Waals surface area contributed by atoms with Crippen LogP contribution in [0.2, 0.25) is 5.02 Å². The van der Waals surface area contributed by atoms with Crippen molar-refractivity contribution < 1.29 is 9.32 Å². The van der Waals surface area contributed by atoms with E-state index in [4.69, 9.17) is 16.1 Å². The van der Waals surface area contributed by atoms with Crippen LogP contribution in [-0.2, 0) is 6.54 Å². The number of amides is 1. The van der Waals surface area contributed by atoms with E-state index in [2.05, 4.69) is 21.1 Å². The van der Waals surface area contributed by atoms with Gasteiger partial charge in [0, 0.05) is 50.7 Å². The number of rotatable bonds is 4. The summed E-state index contributed by atoms with van der Waals surface area (Å²) in [7, 11) is 0. The molecule has 0 aliphatic carbocycles. The van der Waals surface area contributed by atoms with Crippen LogP contribution in [0.15, 0.2) is 53.3 Å². The van der Waals surface area contributed by atoms with Gasteiger partial charge in [-0.15, -0.1) is 0 Å². The summed E-state index contributed by atoms with van der Waals surface area (Å²) in [5, 5.41) is 4.66. The van der Waals surface area contributed by atoms with E-state index in [0.29, 0.717) is 40.7 Å². The first kappa shape index (κ1) is 18.7. The first-order valence-corrected chi connectivity index (χ1v) is 9.63. The van der Waals surface area contributed by atoms with Crippen molar-refractivity contribution in [2.75, 3.05) is 26.2 Å². The molecule has 4 rings (SSSR count). The Labute approximate surface area is 168 Å². The minimum absolute atomic E-state index is 0.0605. The van der Waals surface area contributed by atoms with Crippen LogP contribution in [0.5, 0.6) is 0 Å². The predicted molar refractivity (Wildman–Crippen MR) is 107 cm³/mol. The van der Waals surface area contributed by atoms with Gasteiger partial charge >= 0.3 is 0 Å². The SMILES string of the molecule is Cc1onc(-c2ccccc2Cl)c1C(=O)N1CCN(Cc2cccnc2)CC1. The van der Waals surface area contributed by atoms with Crippen LogP contribution in [-0.4, -0.2) is 52.0 Å². The number of nitrogens with zero attached hydrogens (tertiary/aromatic N) is 4. The van der Waals surface area contributed by atoms with Crippen LogP contribution < -0.4 is 0 Å². The zero-order chi connectivity index (χ0) is 19.5. The molecule has 0 atom stereocenters. The van der Waals surface area contributed by atoms with Crippen molar-refractivity contribution >= 4 is 17.5 Å². The molecule has 0 radical (unpaired) electrons. The second kappa shape index (κ2) is 8.12. The summed E-state index contributed by atoms with van der Waals surface area (Å²) < 4.78 is 5.34. The number of carbonyl (C=O) groups is 1. The Morgan fingerprint density at radius 1 is 1.14 bits per heavy atom. The fourth-order valence-corrected chi connectivity index (χ4v) is 3.70. The fraction of sp³-hybridized carbons (Fsp3) is 0.286. The van der Waals surface area contributed by atoms with Crippen LogP contribution in [0.3, 0.4) is 0 Å². The van der Waals surface area contributed by atoms with Crippen LogP contribution in [0.4, 0.5) is 0 Å². The molecule has 0 bridgehead atoms. The summed E-state index contributed by atoms with van der Waals surface area (Å²) in [6.45, 7) is 5.54. The summed E-state index contributed by atoms with van der Waals surface area (Å²) in [6, 6.07) is 11.4. The minimum atomic E-state index is -0.0605. The molecule has 28 heavy (non-hydrogen) atoms. The molecule has 0 saturated carbocycles. The molecular weight excluding hydrogens is 376 g/mol. The van der Waals surface area contributed by atoms with Gasteiger partial charge in [-0.2, -0.15) is 0 Å². The molecule has 0 N–H and O–H groups in total. The van der Waals surface area contributed by atoms with Gasteiger partial charge < -0.3 is 9.42 Å². The summed E-state index contributed by atoms with van der Waals surface area (Å²) >= 11 is 6.31. The molecule has 2 aromatic heterocycles. The summed E-state index contributed by atoms with van der Waals surface area (Å²) in [6.07, 6.45) is 3.66. The Bertz CT molecular complexity index is 966. The Morgan fingerprint density at radius 2 is 1.93 bits per heavy atom. The maximum atomic E-state index is 13.2. The van der Waals surface area contributed by atoms with E-state index in [1.807, 2.05) is 35.4 Å². The minimum Gasteiger partial charge on any atom is -0.360 e. The smallest absolute Gasteiger partial charge is 0.259 e. The van der Waals surface area contributed by atoms with Gasteiger partial charge in [0.05, 0.1) is 5.02 Å². The first-order valence-electron chi connectivity index (χ1n) is 9.25. The molecule has 0 unspecified atom stereocenters. The average Bonchev–Trinajstić information content (AvgIpc) is 3.10. The maximum absolute atomic E-state index is 13.2. The van der Waals surface area contributed by atoms with Crippen molar-refractivity contribution in [3.05, 3.63) is 70.7 Å². The number of aromatic nitrogens is 2. The van der Waals surface area contributed by atoms with Crippen LogP contribution >= 0.6 is 11.6 Å². The monoisotopic (exact) mass is 396 g/mol. The number of aryl methyl sites for hydroxylation is 1. The van der Waals surface area contributed by atoms with Gasteiger partial charge in [0.2, 0.25) is 0 Å². The molecular formula is C21H21ClN4O2. The topological polar surface area (TPSA) is 62.5 Å². The van der Waals surface area contributed by atoms with E-state index in [9.17, 15) is 4.79 Å². The summed E-state index contributed by atoms with van der Waals surface area (Å²) in [5.74, 6) is 0.451. The quantitative estimate of drug-likeness (QED) is 0.673. The molecule has 6 nitrogen and oxygen atoms in total. The molecule has 7 heteroatoms. The Kier molecular flexibility index (Phi) is 5.41. The van der Waals surface area contributed by atoms with Gasteiger partial charge in [-0.25, -0.2) is 0 Å². The molecule has 1 aromatic carbocycles. The van der Waals surface area contributed by atoms with E-state index in [1.165, 1.54) is 5.56 Å². The van der Waals surface area contributed by atoms with Crippen molar-refractivity contribution in [2.24, 2.45) is 0 Å². The van der Waals surface area contributed by atoms with Crippen molar-refractivity contribution in [1.29, 1.82) is 0 Å². The number of hydrogen-bond acceptors (Lipinski definition) is 5. The number of carbonyl (C=O) groups excluding carboxylic acids is 1. The number of piperazine rings is 1. The Balaban J connectivity index is 1.48. The number of benzene rings is 1. The zero-order valence-electron chi connectivity index (χ0n) is 15.6. The lowest BCUT2D eigenvalue weighted by atomic mass is 10.0. The van der Waals surface area contributed by atoms with Crippen molar-refractivity contribution in [1.82, 2.24) is 19.9 Å². The third-order valence-corrected chi connectivity index (χ3v) is 5.32. The first-order chi connectivity index (χ1) is 13.6. The molecule has 144 valence electrons. The molecule has 1 aliphatic heterocycles. The summed E-state index contributed by atoms with van der Waals surface area (Å²) in [4.78, 5) is 21.6. The van der Waals surface area contributed by atoms with Crippen LogP contribution in [0.1, 0.15) is 21.7 Å². The number of hydrogen-bond donors (Lipinski definition) is 0. The average molecular weight is 397 g/mol. The molecule has 1 amide bonds. The standard InChI is InChI=1S/C21H21ClN4O2/c1-15-19(20(24-28-15)17-6-2-3-7-18(17)22)21(27)26-11-9-25(10-12-26)14-16-5-4-8-23-13-16/h2-8,13H,9-12,14H2,1H3. The lowest BCUT2D eigenvalue weighted by molar-refractivity contribution is 0.0627. The normalized spacial score (nSPS) is 15.0. The molecule has 1 fully saturated rings. The largest absolute Gasteiger partial charge is 0.360 e. The van der Waals surface area contributed by atoms with Gasteiger partial charge in [-0.1, -0.05) is 41.0 Å². The maximum Gasteiger partial charge on any atom is 0.259 e. The van der Waals surface area contributed by atoms with E-state index in [1.54, 1.807) is 19.2 Å². The van der Waals surface area contributed by atoms with Crippen molar-refractivity contribution in [3.8, 4) is 11.3 Å². The Hall–Kier alpha value is -2.70. The van der Waals surface area contributed by atoms with Crippen LogP contribution in [0.25, 0.3) is 11.3 Å². The highest BCUT2D eigenvalue weighted by atomic mass is 35.5. The molecule has 0 spiro atoms. The van der Waals surface area contributed by atoms with Gasteiger partial charge in [-0.05, 0) is 24.6 Å². The van der Waals surface area contributed by atoms with Gasteiger partial charge in [0.15, 0.2) is 0 Å². The lowest BCUT2D eigenvalue weighted by Gasteiger charge is -2.34. The third-order valence-electron chi connectivity index (χ3n) is 4.99. The third kappa shape index (κ3) is 3.79. The molecule has 3 aromatic rings. The number of pyridine rings is 1. The van der Waals surface area contributed by atoms with Gasteiger partial charge in [0.25, 0.3) is 5.91 Å².